The molecule has 0 unspecified atom stereocenters. The minimum atomic E-state index is -4.19. The van der Waals surface area contributed by atoms with Gasteiger partial charge in [-0.3, -0.25) is 4.79 Å². The third-order valence-electron chi connectivity index (χ3n) is 3.84. The van der Waals surface area contributed by atoms with E-state index in [0.29, 0.717) is 17.8 Å². The second-order valence-corrected chi connectivity index (χ2v) is 7.22. The molecule has 1 atom stereocenters. The summed E-state index contributed by atoms with van der Waals surface area (Å²) in [6.07, 6.45) is 0.194. The van der Waals surface area contributed by atoms with Gasteiger partial charge in [-0.05, 0) is 48.9 Å². The first-order valence-corrected chi connectivity index (χ1v) is 8.80. The topological polar surface area (TPSA) is 66.5 Å². The number of benzene rings is 2. The van der Waals surface area contributed by atoms with Gasteiger partial charge in [0.05, 0.1) is 4.90 Å². The van der Waals surface area contributed by atoms with Gasteiger partial charge < -0.3 is 4.90 Å². The maximum absolute atomic E-state index is 13.2. The highest BCUT2D eigenvalue weighted by molar-refractivity contribution is 7.89. The molecule has 1 fully saturated rings. The van der Waals surface area contributed by atoms with Crippen LogP contribution in [0.5, 0.6) is 0 Å². The van der Waals surface area contributed by atoms with E-state index in [9.17, 15) is 26.4 Å². The van der Waals surface area contributed by atoms with Crippen molar-refractivity contribution in [3.05, 3.63) is 59.9 Å². The number of halogens is 3. The summed E-state index contributed by atoms with van der Waals surface area (Å²) in [6.45, 7) is 0.245. The molecule has 1 aliphatic rings. The van der Waals surface area contributed by atoms with Gasteiger partial charge in [0.2, 0.25) is 15.9 Å². The molecule has 0 aliphatic carbocycles. The predicted molar refractivity (Wildman–Crippen MR) is 83.8 cm³/mol. The maximum atomic E-state index is 13.2. The van der Waals surface area contributed by atoms with Crippen molar-refractivity contribution in [2.24, 2.45) is 0 Å². The Balaban J connectivity index is 1.78. The summed E-state index contributed by atoms with van der Waals surface area (Å²) in [5.74, 6) is -3.42. The minimum absolute atomic E-state index is 0.194. The molecule has 0 spiro atoms. The Hall–Kier alpha value is -2.39. The summed E-state index contributed by atoms with van der Waals surface area (Å²) in [5, 5.41) is 0. The smallest absolute Gasteiger partial charge is 0.245 e. The summed E-state index contributed by atoms with van der Waals surface area (Å²) < 4.78 is 65.9. The highest BCUT2D eigenvalue weighted by atomic mass is 32.2. The molecule has 3 rings (SSSR count). The Bertz CT molecular complexity index is 917. The van der Waals surface area contributed by atoms with E-state index < -0.39 is 44.3 Å². The molecular formula is C16H13F3N2O3S. The fourth-order valence-electron chi connectivity index (χ4n) is 2.57. The van der Waals surface area contributed by atoms with E-state index in [2.05, 4.69) is 4.72 Å². The third-order valence-corrected chi connectivity index (χ3v) is 5.31. The second kappa shape index (κ2) is 6.49. The van der Waals surface area contributed by atoms with Gasteiger partial charge in [0.15, 0.2) is 11.6 Å². The number of sulfonamides is 1. The fraction of sp³-hybridized carbons (Fsp3) is 0.188. The normalized spacial score (nSPS) is 18.0. The minimum Gasteiger partial charge on any atom is -0.311 e. The molecule has 1 aliphatic heterocycles. The quantitative estimate of drug-likeness (QED) is 0.897. The Morgan fingerprint density at radius 3 is 2.32 bits per heavy atom. The Morgan fingerprint density at radius 1 is 1.00 bits per heavy atom. The van der Waals surface area contributed by atoms with E-state index >= 15 is 0 Å². The van der Waals surface area contributed by atoms with Gasteiger partial charge in [-0.25, -0.2) is 21.6 Å². The highest BCUT2D eigenvalue weighted by Gasteiger charge is 2.35. The molecule has 25 heavy (non-hydrogen) atoms. The summed E-state index contributed by atoms with van der Waals surface area (Å²) >= 11 is 0. The Kier molecular flexibility index (Phi) is 4.53. The van der Waals surface area contributed by atoms with Crippen LogP contribution < -0.4 is 9.62 Å². The number of carbonyl (C=O) groups is 1. The molecule has 2 aromatic rings. The Morgan fingerprint density at radius 2 is 1.68 bits per heavy atom. The SMILES string of the molecule is O=C1[C@H](NS(=O)(=O)c2ccc(F)c(F)c2)CCN1c1ccc(F)cc1. The lowest BCUT2D eigenvalue weighted by Gasteiger charge is -2.17. The third kappa shape index (κ3) is 3.52. The molecule has 1 heterocycles. The van der Waals surface area contributed by atoms with Crippen molar-refractivity contribution in [3.8, 4) is 0 Å². The lowest BCUT2D eigenvalue weighted by atomic mass is 10.3. The van der Waals surface area contributed by atoms with Crippen molar-refractivity contribution in [2.45, 2.75) is 17.4 Å². The fourth-order valence-corrected chi connectivity index (χ4v) is 3.80. The van der Waals surface area contributed by atoms with Crippen molar-refractivity contribution in [3.63, 3.8) is 0 Å². The average Bonchev–Trinajstić information content (AvgIpc) is 2.91. The molecular weight excluding hydrogens is 357 g/mol. The molecule has 1 saturated heterocycles. The Labute approximate surface area is 142 Å². The molecule has 1 amide bonds. The van der Waals surface area contributed by atoms with Crippen molar-refractivity contribution in [1.82, 2.24) is 4.72 Å². The summed E-state index contributed by atoms with van der Waals surface area (Å²) in [6, 6.07) is 6.35. The molecule has 0 saturated carbocycles. The maximum Gasteiger partial charge on any atom is 0.245 e. The van der Waals surface area contributed by atoms with Gasteiger partial charge >= 0.3 is 0 Å². The van der Waals surface area contributed by atoms with E-state index in [0.717, 1.165) is 6.07 Å². The highest BCUT2D eigenvalue weighted by Crippen LogP contribution is 2.23. The van der Waals surface area contributed by atoms with E-state index in [1.54, 1.807) is 0 Å². The number of amides is 1. The van der Waals surface area contributed by atoms with E-state index in [-0.39, 0.29) is 13.0 Å². The molecule has 132 valence electrons. The van der Waals surface area contributed by atoms with E-state index in [1.807, 2.05) is 0 Å². The lowest BCUT2D eigenvalue weighted by Crippen LogP contribution is -2.41. The molecule has 5 nitrogen and oxygen atoms in total. The van der Waals surface area contributed by atoms with Gasteiger partial charge in [-0.1, -0.05) is 0 Å². The summed E-state index contributed by atoms with van der Waals surface area (Å²) in [5.41, 5.74) is 0.445. The number of anilines is 1. The van der Waals surface area contributed by atoms with Crippen LogP contribution in [0, 0.1) is 17.5 Å². The first kappa shape index (κ1) is 17.4. The summed E-state index contributed by atoms with van der Waals surface area (Å²) in [7, 11) is -4.19. The average molecular weight is 370 g/mol. The number of hydrogen-bond donors (Lipinski definition) is 1. The monoisotopic (exact) mass is 370 g/mol. The molecule has 2 aromatic carbocycles. The zero-order valence-corrected chi connectivity index (χ0v) is 13.6. The number of nitrogens with one attached hydrogen (secondary N) is 1. The van der Waals surface area contributed by atoms with Crippen LogP contribution >= 0.6 is 0 Å². The van der Waals surface area contributed by atoms with Gasteiger partial charge in [0.1, 0.15) is 11.9 Å². The first-order valence-electron chi connectivity index (χ1n) is 7.32. The van der Waals surface area contributed by atoms with Crippen molar-refractivity contribution in [1.29, 1.82) is 0 Å². The molecule has 9 heteroatoms. The molecule has 1 N–H and O–H groups in total. The van der Waals surface area contributed by atoms with Crippen LogP contribution in [0.3, 0.4) is 0 Å². The van der Waals surface area contributed by atoms with Crippen LogP contribution in [0.2, 0.25) is 0 Å². The van der Waals surface area contributed by atoms with Gasteiger partial charge in [0, 0.05) is 12.2 Å². The van der Waals surface area contributed by atoms with Crippen molar-refractivity contribution >= 4 is 21.6 Å². The van der Waals surface area contributed by atoms with Crippen LogP contribution in [-0.4, -0.2) is 26.9 Å². The lowest BCUT2D eigenvalue weighted by molar-refractivity contribution is -0.118. The van der Waals surface area contributed by atoms with Gasteiger partial charge in [-0.2, -0.15) is 4.72 Å². The van der Waals surface area contributed by atoms with Crippen LogP contribution in [0.15, 0.2) is 47.4 Å². The molecule has 0 radical (unpaired) electrons. The molecule has 0 aromatic heterocycles. The van der Waals surface area contributed by atoms with Crippen LogP contribution in [0.25, 0.3) is 0 Å². The van der Waals surface area contributed by atoms with E-state index in [4.69, 9.17) is 0 Å². The predicted octanol–water partition coefficient (Wildman–Crippen LogP) is 2.19. The number of carbonyl (C=O) groups excluding carboxylic acids is 1. The van der Waals surface area contributed by atoms with Crippen molar-refractivity contribution in [2.75, 3.05) is 11.4 Å². The number of hydrogen-bond acceptors (Lipinski definition) is 3. The van der Waals surface area contributed by atoms with Gasteiger partial charge in [0.25, 0.3) is 0 Å². The van der Waals surface area contributed by atoms with Crippen molar-refractivity contribution < 1.29 is 26.4 Å². The number of nitrogens with zero attached hydrogens (tertiary/aromatic N) is 1. The van der Waals surface area contributed by atoms with E-state index in [1.165, 1.54) is 29.2 Å². The zero-order chi connectivity index (χ0) is 18.2. The second-order valence-electron chi connectivity index (χ2n) is 5.50. The van der Waals surface area contributed by atoms with Crippen LogP contribution in [0.1, 0.15) is 6.42 Å². The number of rotatable bonds is 4. The van der Waals surface area contributed by atoms with Gasteiger partial charge in [-0.15, -0.1) is 0 Å². The first-order chi connectivity index (χ1) is 11.8. The molecule has 0 bridgehead atoms. The van der Waals surface area contributed by atoms with Crippen LogP contribution in [-0.2, 0) is 14.8 Å². The van der Waals surface area contributed by atoms with Crippen LogP contribution in [0.4, 0.5) is 18.9 Å². The standard InChI is InChI=1S/C16H13F3N2O3S/c17-10-1-3-11(4-2-10)21-8-7-15(16(21)22)20-25(23,24)12-5-6-13(18)14(19)9-12/h1-6,9,15,20H,7-8H2/t15-/m1/s1. The zero-order valence-electron chi connectivity index (χ0n) is 12.7. The largest absolute Gasteiger partial charge is 0.311 e. The summed E-state index contributed by atoms with van der Waals surface area (Å²) in [4.78, 5) is 13.3.